The quantitative estimate of drug-likeness (QED) is 0.0739. The van der Waals surface area contributed by atoms with Crippen LogP contribution < -0.4 is 0 Å². The molecule has 0 amide bonds. The van der Waals surface area contributed by atoms with E-state index in [9.17, 15) is 17.6 Å². The Morgan fingerprint density at radius 3 is 0.735 bits per heavy atom. The fourth-order valence-corrected chi connectivity index (χ4v) is 12.8. The second-order valence-corrected chi connectivity index (χ2v) is 29.2. The minimum atomic E-state index is -2.38. The summed E-state index contributed by atoms with van der Waals surface area (Å²) in [5.74, 6) is -2.57. The first-order chi connectivity index (χ1) is 68.6. The average Bonchev–Trinajstić information content (AvgIpc) is 0.790. The third kappa shape index (κ3) is 33.4. The number of aryl methyl sites for hydroxylation is 3. The predicted molar refractivity (Wildman–Crippen MR) is 527 cm³/mol. The molecule has 136 heavy (non-hydrogen) atoms. The molecule has 1 unspecified atom stereocenters. The summed E-state index contributed by atoms with van der Waals surface area (Å²) in [7, 11) is 0. The van der Waals surface area contributed by atoms with Crippen LogP contribution in [0.15, 0.2) is 438 Å². The van der Waals surface area contributed by atoms with Gasteiger partial charge in [0.1, 0.15) is 23.3 Å². The molecular formula is C120H92F4Ir4N8-8. The Kier molecular flexibility index (Phi) is 38.3. The second kappa shape index (κ2) is 57.0. The van der Waals surface area contributed by atoms with E-state index < -0.39 is 26.4 Å². The van der Waals surface area contributed by atoms with Crippen molar-refractivity contribution < 1.29 is 112 Å². The van der Waals surface area contributed by atoms with Gasteiger partial charge in [-0.2, -0.15) is 0 Å². The van der Waals surface area contributed by atoms with Crippen molar-refractivity contribution in [2.24, 2.45) is 0 Å². The predicted octanol–water partition coefficient (Wildman–Crippen LogP) is 30.2. The van der Waals surface area contributed by atoms with Gasteiger partial charge in [0.15, 0.2) is 0 Å². The fourth-order valence-electron chi connectivity index (χ4n) is 12.8. The molecule has 20 aromatic rings. The van der Waals surface area contributed by atoms with Gasteiger partial charge in [0.05, 0.1) is 0 Å². The van der Waals surface area contributed by atoms with Crippen LogP contribution in [0.4, 0.5) is 17.6 Å². The largest absolute Gasteiger partial charge is 0.305 e. The summed E-state index contributed by atoms with van der Waals surface area (Å²) in [6.45, 7) is -2.82. The Balaban J connectivity index is 0.000000185. The van der Waals surface area contributed by atoms with Crippen LogP contribution in [0.3, 0.4) is 0 Å². The molecule has 0 aliphatic carbocycles. The van der Waals surface area contributed by atoms with Crippen LogP contribution in [0.5, 0.6) is 0 Å². The zero-order valence-corrected chi connectivity index (χ0v) is 83.0. The van der Waals surface area contributed by atoms with Gasteiger partial charge in [-0.15, -0.1) is 287 Å². The molecule has 8 aromatic heterocycles. The summed E-state index contributed by atoms with van der Waals surface area (Å²) in [5.41, 5.74) is 25.1. The van der Waals surface area contributed by atoms with E-state index in [4.69, 9.17) is 13.7 Å². The van der Waals surface area contributed by atoms with Gasteiger partial charge in [-0.3, -0.25) is 0 Å². The minimum Gasteiger partial charge on any atom is -0.305 e. The Labute approximate surface area is 864 Å². The topological polar surface area (TPSA) is 103 Å². The molecule has 12 aromatic carbocycles. The smallest absolute Gasteiger partial charge is 0.123 e. The Morgan fingerprint density at radius 1 is 0.250 bits per heavy atom. The summed E-state index contributed by atoms with van der Waals surface area (Å²) >= 11 is 0. The fraction of sp³-hybridized carbons (Fsp3) is 0.0667. The molecular weight excluding hydrogens is 2400 g/mol. The van der Waals surface area contributed by atoms with Crippen molar-refractivity contribution in [2.75, 3.05) is 0 Å². The van der Waals surface area contributed by atoms with Gasteiger partial charge >= 0.3 is 0 Å². The van der Waals surface area contributed by atoms with Crippen molar-refractivity contribution in [1.82, 2.24) is 39.9 Å². The van der Waals surface area contributed by atoms with Gasteiger partial charge in [-0.25, -0.2) is 17.6 Å². The second-order valence-electron chi connectivity index (χ2n) is 29.2. The van der Waals surface area contributed by atoms with Crippen molar-refractivity contribution in [2.45, 2.75) is 53.1 Å². The molecule has 8 nitrogen and oxygen atoms in total. The van der Waals surface area contributed by atoms with Crippen molar-refractivity contribution in [1.29, 1.82) is 0 Å². The number of pyridine rings is 8. The first-order valence-corrected chi connectivity index (χ1v) is 42.0. The molecule has 0 saturated carbocycles. The molecule has 0 spiro atoms. The van der Waals surface area contributed by atoms with E-state index in [0.717, 1.165) is 140 Å². The number of halogens is 4. The Bertz CT molecular complexity index is 6690. The summed E-state index contributed by atoms with van der Waals surface area (Å²) in [5, 5.41) is 0. The molecule has 0 N–H and O–H groups in total. The number of rotatable bonds is 15. The van der Waals surface area contributed by atoms with Gasteiger partial charge in [-0.05, 0) is 188 Å². The van der Waals surface area contributed by atoms with E-state index in [0.29, 0.717) is 11.3 Å². The molecule has 8 heterocycles. The SMILES string of the molecule is Cc1ccnc(-c2[c-]cccc2)c1.Fc1ccc(-c2ccc(-c3[c-]cccc3)nc2)cc1.Fc1ccc(-c2ccc(-c3[c-]cccc3)nc2)cc1.Fc1ccc(-c2ccc(-c3[c-]cccc3)nc2)cc1.Fc1ccc(-c2ccc(-c3[c-]cccc3)nc2)cc1.[2H]C([2H])([2H])C([2H])(C)c1ccc(-c2[c-]cccc2)nc1.[2H]C([2H])([2H])Cc1ccc(-c2[c-]cccc2)nc1.[2H]C([2H])([2H])Cc1ccnc(-c2[c-]cccc2)c1.[Ir].[Ir].[Ir].[Ir]. The summed E-state index contributed by atoms with van der Waals surface area (Å²) in [4.78, 5) is 34.7. The van der Waals surface area contributed by atoms with Crippen LogP contribution in [0.25, 0.3) is 135 Å². The van der Waals surface area contributed by atoms with Crippen LogP contribution in [0.1, 0.15) is 69.3 Å². The van der Waals surface area contributed by atoms with Crippen molar-refractivity contribution in [3.63, 3.8) is 0 Å². The number of nitrogens with zero attached hydrogens (tertiary/aromatic N) is 8. The first kappa shape index (κ1) is 91.3. The van der Waals surface area contributed by atoms with Gasteiger partial charge in [0.2, 0.25) is 0 Å². The van der Waals surface area contributed by atoms with Gasteiger partial charge < -0.3 is 39.9 Å². The molecule has 0 saturated heterocycles. The Morgan fingerprint density at radius 2 is 0.500 bits per heavy atom. The standard InChI is InChI=1S/4C17H11FN.C14H14N.2C13H12N.C12H10N.4Ir/c4*18-16-9-6-13(7-10-16)15-8-11-17(19-12-15)14-4-2-1-3-5-14;1-11(2)13-8-9-14(15-10-13)12-6-4-3-5-7-12;1-2-11-8-9-14-13(10-11)12-6-4-3-5-7-12;1-2-11-8-9-13(14-10-11)12-6-4-3-5-7-12;1-10-7-8-13-12(9-10)11-5-3-2-4-6-11;;;;/h4*1-4,6-12H;3-6,8-11H,1-2H3;2*3-6,8-10H,2H2,1H3;2-5,7-9H,1H3;;;;/q8*-1;;;;/i;;;;1D3,11D;2*1D3;;;;;. The van der Waals surface area contributed by atoms with Crippen LogP contribution in [0.2, 0.25) is 0 Å². The van der Waals surface area contributed by atoms with Crippen molar-refractivity contribution in [3.8, 4) is 135 Å². The Hall–Kier alpha value is -13.8. The van der Waals surface area contributed by atoms with E-state index >= 15 is 0 Å². The van der Waals surface area contributed by atoms with Crippen LogP contribution in [-0.2, 0) is 93.3 Å². The van der Waals surface area contributed by atoms with E-state index in [1.165, 1.54) is 67.2 Å². The number of hydrogen-bond acceptors (Lipinski definition) is 8. The molecule has 1 atom stereocenters. The molecule has 0 aliphatic rings. The molecule has 0 fully saturated rings. The third-order valence-electron chi connectivity index (χ3n) is 19.8. The van der Waals surface area contributed by atoms with E-state index in [2.05, 4.69) is 101 Å². The number of benzene rings is 12. The van der Waals surface area contributed by atoms with E-state index in [-0.39, 0.29) is 117 Å². The maximum Gasteiger partial charge on any atom is 0.123 e. The van der Waals surface area contributed by atoms with Crippen molar-refractivity contribution in [3.05, 3.63) is 532 Å². The monoisotopic (exact) mass is 2500 g/mol. The first-order valence-electron chi connectivity index (χ1n) is 47.0. The zero-order chi connectivity index (χ0) is 100. The van der Waals surface area contributed by atoms with E-state index in [1.54, 1.807) is 122 Å². The zero-order valence-electron chi connectivity index (χ0n) is 83.4. The molecule has 0 aliphatic heterocycles. The molecule has 16 heteroatoms. The van der Waals surface area contributed by atoms with Gasteiger partial charge in [0, 0.05) is 144 Å². The van der Waals surface area contributed by atoms with Gasteiger partial charge in [0.25, 0.3) is 0 Å². The third-order valence-corrected chi connectivity index (χ3v) is 19.8. The molecule has 684 valence electrons. The van der Waals surface area contributed by atoms with Crippen molar-refractivity contribution >= 4 is 0 Å². The average molecular weight is 2500 g/mol. The number of hydrogen-bond donors (Lipinski definition) is 0. The molecule has 20 rings (SSSR count). The maximum atomic E-state index is 12.9. The number of aromatic nitrogens is 8. The van der Waals surface area contributed by atoms with Crippen LogP contribution in [0, 0.1) is 78.7 Å². The van der Waals surface area contributed by atoms with E-state index in [1.807, 2.05) is 255 Å². The molecule has 0 bridgehead atoms. The van der Waals surface area contributed by atoms with Crippen LogP contribution in [-0.4, -0.2) is 39.9 Å². The van der Waals surface area contributed by atoms with Crippen LogP contribution >= 0.6 is 0 Å². The summed E-state index contributed by atoms with van der Waals surface area (Å²) in [6.07, 6.45) is 13.8. The maximum absolute atomic E-state index is 12.9. The minimum absolute atomic E-state index is 0. The molecule has 4 radical (unpaired) electrons. The van der Waals surface area contributed by atoms with Gasteiger partial charge in [-0.1, -0.05) is 172 Å². The summed E-state index contributed by atoms with van der Waals surface area (Å²) in [6, 6.07) is 142. The normalized spacial score (nSPS) is 11.8. The summed E-state index contributed by atoms with van der Waals surface area (Å²) < 4.78 is 125.